The van der Waals surface area contributed by atoms with Gasteiger partial charge in [-0.25, -0.2) is 0 Å². The molecule has 0 radical (unpaired) electrons. The standard InChI is InChI=1S/C14H21NO/c1-3-5-6-10-13(9-4-2)14(16)15-11-7-8-12-15/h4-6,10H,2-3,7-9,11-12H2,1H3/b6-5-,13-10+. The first kappa shape index (κ1) is 12.8. The van der Waals surface area contributed by atoms with Crippen LogP contribution >= 0.6 is 0 Å². The van der Waals surface area contributed by atoms with Crippen LogP contribution in [0.4, 0.5) is 0 Å². The first-order chi connectivity index (χ1) is 7.79. The first-order valence-electron chi connectivity index (χ1n) is 6.05. The minimum Gasteiger partial charge on any atom is -0.339 e. The molecule has 0 saturated carbocycles. The van der Waals surface area contributed by atoms with Crippen LogP contribution in [-0.2, 0) is 4.79 Å². The minimum absolute atomic E-state index is 0.179. The molecule has 1 rings (SSSR count). The Morgan fingerprint density at radius 3 is 2.62 bits per heavy atom. The van der Waals surface area contributed by atoms with Crippen LogP contribution in [0.2, 0.25) is 0 Å². The van der Waals surface area contributed by atoms with Crippen molar-refractivity contribution in [1.29, 1.82) is 0 Å². The summed E-state index contributed by atoms with van der Waals surface area (Å²) in [6.45, 7) is 7.60. The molecule has 0 atom stereocenters. The topological polar surface area (TPSA) is 20.3 Å². The molecule has 2 nitrogen and oxygen atoms in total. The Kier molecular flexibility index (Phi) is 5.62. The summed E-state index contributed by atoms with van der Waals surface area (Å²) in [7, 11) is 0. The van der Waals surface area contributed by atoms with Gasteiger partial charge in [0.25, 0.3) is 0 Å². The molecule has 0 bridgehead atoms. The monoisotopic (exact) mass is 219 g/mol. The summed E-state index contributed by atoms with van der Waals surface area (Å²) < 4.78 is 0. The lowest BCUT2D eigenvalue weighted by atomic mass is 10.1. The molecule has 1 heterocycles. The quantitative estimate of drug-likeness (QED) is 0.395. The van der Waals surface area contributed by atoms with Crippen LogP contribution in [0.1, 0.15) is 32.6 Å². The maximum absolute atomic E-state index is 12.1. The Bertz CT molecular complexity index is 296. The molecule has 2 heteroatoms. The fraction of sp³-hybridized carbons (Fsp3) is 0.500. The number of hydrogen-bond acceptors (Lipinski definition) is 1. The van der Waals surface area contributed by atoms with Crippen molar-refractivity contribution in [2.24, 2.45) is 0 Å². The van der Waals surface area contributed by atoms with E-state index >= 15 is 0 Å². The van der Waals surface area contributed by atoms with Crippen LogP contribution in [-0.4, -0.2) is 23.9 Å². The van der Waals surface area contributed by atoms with E-state index in [0.29, 0.717) is 6.42 Å². The summed E-state index contributed by atoms with van der Waals surface area (Å²) in [6.07, 6.45) is 11.7. The molecule has 0 spiro atoms. The van der Waals surface area contributed by atoms with Gasteiger partial charge < -0.3 is 4.90 Å². The predicted molar refractivity (Wildman–Crippen MR) is 68.1 cm³/mol. The summed E-state index contributed by atoms with van der Waals surface area (Å²) in [5, 5.41) is 0. The van der Waals surface area contributed by atoms with Crippen LogP contribution in [0.15, 0.2) is 36.5 Å². The Morgan fingerprint density at radius 1 is 1.38 bits per heavy atom. The number of carbonyl (C=O) groups is 1. The van der Waals surface area contributed by atoms with Gasteiger partial charge in [-0.3, -0.25) is 4.79 Å². The molecular weight excluding hydrogens is 198 g/mol. The Morgan fingerprint density at radius 2 is 2.06 bits per heavy atom. The fourth-order valence-electron chi connectivity index (χ4n) is 1.83. The van der Waals surface area contributed by atoms with Crippen LogP contribution in [0.5, 0.6) is 0 Å². The van der Waals surface area contributed by atoms with E-state index in [1.807, 2.05) is 17.1 Å². The van der Waals surface area contributed by atoms with Crippen molar-refractivity contribution in [2.75, 3.05) is 13.1 Å². The number of nitrogens with zero attached hydrogens (tertiary/aromatic N) is 1. The molecule has 16 heavy (non-hydrogen) atoms. The normalized spacial score (nSPS) is 17.1. The molecule has 0 aromatic rings. The van der Waals surface area contributed by atoms with Crippen molar-refractivity contribution in [1.82, 2.24) is 4.90 Å². The van der Waals surface area contributed by atoms with Gasteiger partial charge in [-0.15, -0.1) is 6.58 Å². The van der Waals surface area contributed by atoms with Gasteiger partial charge >= 0.3 is 0 Å². The molecule has 0 unspecified atom stereocenters. The molecule has 0 aromatic carbocycles. The second-order valence-corrected chi connectivity index (χ2v) is 4.02. The van der Waals surface area contributed by atoms with Crippen molar-refractivity contribution in [3.05, 3.63) is 36.5 Å². The second-order valence-electron chi connectivity index (χ2n) is 4.02. The van der Waals surface area contributed by atoms with Gasteiger partial charge in [0.1, 0.15) is 0 Å². The number of hydrogen-bond donors (Lipinski definition) is 0. The zero-order valence-electron chi connectivity index (χ0n) is 10.1. The molecule has 0 aliphatic carbocycles. The fourth-order valence-corrected chi connectivity index (χ4v) is 1.83. The summed E-state index contributed by atoms with van der Waals surface area (Å²) in [5.41, 5.74) is 0.849. The van der Waals surface area contributed by atoms with E-state index in [4.69, 9.17) is 0 Å². The van der Waals surface area contributed by atoms with E-state index in [1.54, 1.807) is 6.08 Å². The highest BCUT2D eigenvalue weighted by Crippen LogP contribution is 2.14. The third kappa shape index (κ3) is 3.69. The number of amides is 1. The highest BCUT2D eigenvalue weighted by Gasteiger charge is 2.19. The largest absolute Gasteiger partial charge is 0.339 e. The lowest BCUT2D eigenvalue weighted by Crippen LogP contribution is -2.28. The second kappa shape index (κ2) is 7.04. The van der Waals surface area contributed by atoms with Crippen LogP contribution in [0, 0.1) is 0 Å². The predicted octanol–water partition coefficient (Wildman–Crippen LogP) is 3.08. The SMILES string of the molecule is C=CC/C(=C\C=C/CC)C(=O)N1CCCC1. The Hall–Kier alpha value is -1.31. The van der Waals surface area contributed by atoms with E-state index in [-0.39, 0.29) is 5.91 Å². The summed E-state index contributed by atoms with van der Waals surface area (Å²) in [4.78, 5) is 14.0. The smallest absolute Gasteiger partial charge is 0.250 e. The van der Waals surface area contributed by atoms with Crippen LogP contribution in [0.25, 0.3) is 0 Å². The molecule has 1 amide bonds. The van der Waals surface area contributed by atoms with Gasteiger partial charge in [-0.2, -0.15) is 0 Å². The van der Waals surface area contributed by atoms with E-state index in [0.717, 1.165) is 37.9 Å². The van der Waals surface area contributed by atoms with Gasteiger partial charge in [0, 0.05) is 18.7 Å². The van der Waals surface area contributed by atoms with E-state index < -0.39 is 0 Å². The average Bonchev–Trinajstić information content (AvgIpc) is 2.81. The van der Waals surface area contributed by atoms with Gasteiger partial charge in [0.05, 0.1) is 0 Å². The van der Waals surface area contributed by atoms with Gasteiger partial charge in [0.15, 0.2) is 0 Å². The van der Waals surface area contributed by atoms with E-state index in [1.165, 1.54) is 0 Å². The Balaban J connectivity index is 2.67. The highest BCUT2D eigenvalue weighted by molar-refractivity contribution is 5.94. The molecule has 88 valence electrons. The molecule has 0 N–H and O–H groups in total. The number of allylic oxidation sites excluding steroid dienone is 4. The summed E-state index contributed by atoms with van der Waals surface area (Å²) in [5.74, 6) is 0.179. The van der Waals surface area contributed by atoms with Crippen molar-refractivity contribution in [2.45, 2.75) is 32.6 Å². The number of likely N-dealkylation sites (tertiary alicyclic amines) is 1. The lowest BCUT2D eigenvalue weighted by molar-refractivity contribution is -0.126. The van der Waals surface area contributed by atoms with Gasteiger partial charge in [-0.1, -0.05) is 31.2 Å². The first-order valence-corrected chi connectivity index (χ1v) is 6.05. The Labute approximate surface area is 98.3 Å². The van der Waals surface area contributed by atoms with E-state index in [9.17, 15) is 4.79 Å². The summed E-state index contributed by atoms with van der Waals surface area (Å²) in [6, 6.07) is 0. The third-order valence-corrected chi connectivity index (χ3v) is 2.70. The molecular formula is C14H21NO. The lowest BCUT2D eigenvalue weighted by Gasteiger charge is -2.16. The van der Waals surface area contributed by atoms with Crippen molar-refractivity contribution >= 4 is 5.91 Å². The van der Waals surface area contributed by atoms with Gasteiger partial charge in [-0.05, 0) is 25.7 Å². The number of carbonyl (C=O) groups excluding carboxylic acids is 1. The maximum atomic E-state index is 12.1. The van der Waals surface area contributed by atoms with Crippen molar-refractivity contribution < 1.29 is 4.79 Å². The number of rotatable bonds is 5. The maximum Gasteiger partial charge on any atom is 0.250 e. The van der Waals surface area contributed by atoms with Crippen LogP contribution in [0.3, 0.4) is 0 Å². The van der Waals surface area contributed by atoms with E-state index in [2.05, 4.69) is 19.6 Å². The van der Waals surface area contributed by atoms with Gasteiger partial charge in [0.2, 0.25) is 5.91 Å². The molecule has 1 aliphatic rings. The average molecular weight is 219 g/mol. The summed E-state index contributed by atoms with van der Waals surface area (Å²) >= 11 is 0. The van der Waals surface area contributed by atoms with Crippen molar-refractivity contribution in [3.8, 4) is 0 Å². The molecule has 1 saturated heterocycles. The molecule has 0 aromatic heterocycles. The molecule has 1 fully saturated rings. The molecule has 1 aliphatic heterocycles. The highest BCUT2D eigenvalue weighted by atomic mass is 16.2. The minimum atomic E-state index is 0.179. The van der Waals surface area contributed by atoms with Crippen LogP contribution < -0.4 is 0 Å². The zero-order valence-corrected chi connectivity index (χ0v) is 10.1. The van der Waals surface area contributed by atoms with Crippen molar-refractivity contribution in [3.63, 3.8) is 0 Å². The zero-order chi connectivity index (χ0) is 11.8. The third-order valence-electron chi connectivity index (χ3n) is 2.70.